The molecule has 6 heteroatoms. The van der Waals surface area contributed by atoms with E-state index in [1.54, 1.807) is 14.2 Å². The van der Waals surface area contributed by atoms with Gasteiger partial charge in [-0.1, -0.05) is 42.5 Å². The molecule has 0 aromatic heterocycles. The van der Waals surface area contributed by atoms with Crippen LogP contribution in [0, 0.1) is 0 Å². The zero-order chi connectivity index (χ0) is 19.8. The Bertz CT molecular complexity index is 764. The second-order valence-corrected chi connectivity index (χ2v) is 6.96. The van der Waals surface area contributed by atoms with Gasteiger partial charge in [0.15, 0.2) is 0 Å². The minimum atomic E-state index is 0.0303. The molecule has 3 rings (SSSR count). The maximum atomic E-state index is 12.6. The standard InChI is InChI=1S/C22H29N3O3/c1-27-16-18-9-7-17(8-10-18)13-24-22(26)15-25-12-11-23-14-20(25)19-5-3-4-6-21(19)28-2/h3-10,20,23H,11-16H2,1-2H3,(H,24,26). The Morgan fingerprint density at radius 2 is 1.89 bits per heavy atom. The third kappa shape index (κ3) is 5.32. The Hall–Kier alpha value is -2.41. The highest BCUT2D eigenvalue weighted by molar-refractivity contribution is 5.78. The third-order valence-electron chi connectivity index (χ3n) is 5.02. The molecule has 0 spiro atoms. The molecule has 2 N–H and O–H groups in total. The Balaban J connectivity index is 1.58. The van der Waals surface area contributed by atoms with Crippen molar-refractivity contribution in [3.8, 4) is 5.75 Å². The van der Waals surface area contributed by atoms with Gasteiger partial charge in [0.05, 0.1) is 26.3 Å². The lowest BCUT2D eigenvalue weighted by atomic mass is 10.0. The summed E-state index contributed by atoms with van der Waals surface area (Å²) >= 11 is 0. The van der Waals surface area contributed by atoms with Gasteiger partial charge < -0.3 is 20.1 Å². The van der Waals surface area contributed by atoms with Crippen LogP contribution < -0.4 is 15.4 Å². The highest BCUT2D eigenvalue weighted by Gasteiger charge is 2.27. The van der Waals surface area contributed by atoms with Crippen LogP contribution >= 0.6 is 0 Å². The number of nitrogens with one attached hydrogen (secondary N) is 2. The van der Waals surface area contributed by atoms with Crippen molar-refractivity contribution in [2.24, 2.45) is 0 Å². The van der Waals surface area contributed by atoms with E-state index in [4.69, 9.17) is 9.47 Å². The fraction of sp³-hybridized carbons (Fsp3) is 0.409. The summed E-state index contributed by atoms with van der Waals surface area (Å²) in [5, 5.41) is 6.46. The van der Waals surface area contributed by atoms with E-state index in [0.717, 1.165) is 42.1 Å². The van der Waals surface area contributed by atoms with Crippen LogP contribution in [0.25, 0.3) is 0 Å². The average Bonchev–Trinajstić information content (AvgIpc) is 2.74. The van der Waals surface area contributed by atoms with Crippen LogP contribution in [0.2, 0.25) is 0 Å². The zero-order valence-electron chi connectivity index (χ0n) is 16.6. The van der Waals surface area contributed by atoms with E-state index < -0.39 is 0 Å². The first-order valence-corrected chi connectivity index (χ1v) is 9.62. The third-order valence-corrected chi connectivity index (χ3v) is 5.02. The lowest BCUT2D eigenvalue weighted by Gasteiger charge is -2.36. The van der Waals surface area contributed by atoms with Crippen LogP contribution in [0.15, 0.2) is 48.5 Å². The van der Waals surface area contributed by atoms with E-state index in [1.807, 2.05) is 42.5 Å². The number of carbonyl (C=O) groups is 1. The number of amides is 1. The summed E-state index contributed by atoms with van der Waals surface area (Å²) in [4.78, 5) is 14.8. The molecule has 0 aliphatic carbocycles. The first-order valence-electron chi connectivity index (χ1n) is 9.62. The molecule has 0 bridgehead atoms. The van der Waals surface area contributed by atoms with Crippen LogP contribution in [-0.2, 0) is 22.7 Å². The van der Waals surface area contributed by atoms with E-state index in [-0.39, 0.29) is 11.9 Å². The van der Waals surface area contributed by atoms with Crippen molar-refractivity contribution < 1.29 is 14.3 Å². The molecule has 1 heterocycles. The van der Waals surface area contributed by atoms with E-state index in [9.17, 15) is 4.79 Å². The Morgan fingerprint density at radius 3 is 2.64 bits per heavy atom. The van der Waals surface area contributed by atoms with Crippen molar-refractivity contribution in [2.45, 2.75) is 19.2 Å². The number of hydrogen-bond donors (Lipinski definition) is 2. The average molecular weight is 383 g/mol. The number of methoxy groups -OCH3 is 2. The normalized spacial score (nSPS) is 17.3. The van der Waals surface area contributed by atoms with Crippen LogP contribution in [0.5, 0.6) is 5.75 Å². The van der Waals surface area contributed by atoms with Gasteiger partial charge in [0.2, 0.25) is 5.91 Å². The van der Waals surface area contributed by atoms with Gasteiger partial charge in [0.25, 0.3) is 0 Å². The summed E-state index contributed by atoms with van der Waals surface area (Å²) in [5.41, 5.74) is 3.31. The summed E-state index contributed by atoms with van der Waals surface area (Å²) in [5.74, 6) is 0.889. The number of nitrogens with zero attached hydrogens (tertiary/aromatic N) is 1. The Kier molecular flexibility index (Phi) is 7.42. The van der Waals surface area contributed by atoms with Crippen molar-refractivity contribution in [3.63, 3.8) is 0 Å². The van der Waals surface area contributed by atoms with Crippen LogP contribution in [0.3, 0.4) is 0 Å². The molecule has 1 saturated heterocycles. The molecule has 1 aliphatic heterocycles. The SMILES string of the molecule is COCc1ccc(CNC(=O)CN2CCNCC2c2ccccc2OC)cc1. The predicted octanol–water partition coefficient (Wildman–Crippen LogP) is 2.10. The molecule has 0 radical (unpaired) electrons. The fourth-order valence-electron chi connectivity index (χ4n) is 3.55. The minimum Gasteiger partial charge on any atom is -0.496 e. The second-order valence-electron chi connectivity index (χ2n) is 6.96. The van der Waals surface area contributed by atoms with Crippen molar-refractivity contribution in [1.82, 2.24) is 15.5 Å². The van der Waals surface area contributed by atoms with Crippen LogP contribution in [0.4, 0.5) is 0 Å². The predicted molar refractivity (Wildman–Crippen MR) is 109 cm³/mol. The van der Waals surface area contributed by atoms with Gasteiger partial charge in [-0.3, -0.25) is 9.69 Å². The maximum absolute atomic E-state index is 12.6. The maximum Gasteiger partial charge on any atom is 0.234 e. The van der Waals surface area contributed by atoms with Gasteiger partial charge in [-0.25, -0.2) is 0 Å². The van der Waals surface area contributed by atoms with Gasteiger partial charge in [-0.2, -0.15) is 0 Å². The Morgan fingerprint density at radius 1 is 1.14 bits per heavy atom. The number of para-hydroxylation sites is 1. The molecule has 28 heavy (non-hydrogen) atoms. The molecule has 1 aliphatic rings. The summed E-state index contributed by atoms with van der Waals surface area (Å²) < 4.78 is 10.6. The molecule has 0 saturated carbocycles. The first-order chi connectivity index (χ1) is 13.7. The monoisotopic (exact) mass is 383 g/mol. The van der Waals surface area contributed by atoms with Crippen LogP contribution in [0.1, 0.15) is 22.7 Å². The van der Waals surface area contributed by atoms with E-state index in [0.29, 0.717) is 19.7 Å². The highest BCUT2D eigenvalue weighted by Crippen LogP contribution is 2.29. The Labute approximate surface area is 166 Å². The van der Waals surface area contributed by atoms with Gasteiger partial charge in [0, 0.05) is 38.9 Å². The molecule has 2 aromatic rings. The molecule has 1 unspecified atom stereocenters. The minimum absolute atomic E-state index is 0.0303. The topological polar surface area (TPSA) is 62.8 Å². The van der Waals surface area contributed by atoms with Crippen molar-refractivity contribution in [2.75, 3.05) is 40.4 Å². The fourth-order valence-corrected chi connectivity index (χ4v) is 3.55. The first kappa shape index (κ1) is 20.3. The number of piperazine rings is 1. The molecule has 1 amide bonds. The van der Waals surface area contributed by atoms with Crippen molar-refractivity contribution in [1.29, 1.82) is 0 Å². The number of hydrogen-bond acceptors (Lipinski definition) is 5. The number of benzene rings is 2. The molecular weight excluding hydrogens is 354 g/mol. The summed E-state index contributed by atoms with van der Waals surface area (Å²) in [6, 6.07) is 16.2. The summed E-state index contributed by atoms with van der Waals surface area (Å²) in [6.07, 6.45) is 0. The number of rotatable bonds is 8. The van der Waals surface area contributed by atoms with Gasteiger partial charge >= 0.3 is 0 Å². The molecule has 2 aromatic carbocycles. The van der Waals surface area contributed by atoms with Crippen molar-refractivity contribution in [3.05, 3.63) is 65.2 Å². The van der Waals surface area contributed by atoms with E-state index in [1.165, 1.54) is 0 Å². The molecule has 150 valence electrons. The van der Waals surface area contributed by atoms with E-state index >= 15 is 0 Å². The molecule has 1 fully saturated rings. The lowest BCUT2D eigenvalue weighted by molar-refractivity contribution is -0.123. The van der Waals surface area contributed by atoms with Gasteiger partial charge in [-0.05, 0) is 17.2 Å². The number of carbonyl (C=O) groups excluding carboxylic acids is 1. The smallest absolute Gasteiger partial charge is 0.234 e. The molecule has 1 atom stereocenters. The zero-order valence-corrected chi connectivity index (χ0v) is 16.6. The van der Waals surface area contributed by atoms with Gasteiger partial charge in [0.1, 0.15) is 5.75 Å². The van der Waals surface area contributed by atoms with Crippen molar-refractivity contribution >= 4 is 5.91 Å². The van der Waals surface area contributed by atoms with Gasteiger partial charge in [-0.15, -0.1) is 0 Å². The number of ether oxygens (including phenoxy) is 2. The summed E-state index contributed by atoms with van der Waals surface area (Å²) in [6.45, 7) is 3.99. The quantitative estimate of drug-likeness (QED) is 0.731. The second kappa shape index (κ2) is 10.2. The highest BCUT2D eigenvalue weighted by atomic mass is 16.5. The largest absolute Gasteiger partial charge is 0.496 e. The van der Waals surface area contributed by atoms with E-state index in [2.05, 4.69) is 21.6 Å². The lowest BCUT2D eigenvalue weighted by Crippen LogP contribution is -2.49. The molecule has 6 nitrogen and oxygen atoms in total. The summed E-state index contributed by atoms with van der Waals surface area (Å²) in [7, 11) is 3.37. The molecular formula is C22H29N3O3. The van der Waals surface area contributed by atoms with Crippen LogP contribution in [-0.4, -0.2) is 51.2 Å².